The lowest BCUT2D eigenvalue weighted by atomic mass is 9.69. The van der Waals surface area contributed by atoms with Gasteiger partial charge in [-0.15, -0.1) is 0 Å². The van der Waals surface area contributed by atoms with Crippen molar-refractivity contribution in [2.24, 2.45) is 23.7 Å². The number of carbonyl (C=O) groups excluding carboxylic acids is 1. The molecular formula is C19H34O. The van der Waals surface area contributed by atoms with Gasteiger partial charge in [-0.25, -0.2) is 0 Å². The maximum absolute atomic E-state index is 13.1. The lowest BCUT2D eigenvalue weighted by Crippen LogP contribution is -2.34. The number of Topliss-reactive ketones (excluding diaryl/α,β-unsaturated/α-hetero) is 1. The minimum absolute atomic E-state index is 0.377. The van der Waals surface area contributed by atoms with Crippen LogP contribution in [0.4, 0.5) is 0 Å². The van der Waals surface area contributed by atoms with E-state index >= 15 is 0 Å². The Labute approximate surface area is 125 Å². The molecule has 0 heterocycles. The molecule has 2 unspecified atom stereocenters. The molecule has 2 atom stereocenters. The van der Waals surface area contributed by atoms with Crippen molar-refractivity contribution < 1.29 is 4.79 Å². The average molecular weight is 278 g/mol. The first kappa shape index (κ1) is 16.0. The smallest absolute Gasteiger partial charge is 0.139 e. The predicted octanol–water partition coefficient (Wildman–Crippen LogP) is 5.77. The van der Waals surface area contributed by atoms with Gasteiger partial charge in [0.2, 0.25) is 0 Å². The molecule has 20 heavy (non-hydrogen) atoms. The van der Waals surface area contributed by atoms with Crippen LogP contribution in [0, 0.1) is 23.7 Å². The van der Waals surface area contributed by atoms with Crippen LogP contribution in [0.25, 0.3) is 0 Å². The normalized spacial score (nSPS) is 25.3. The molecule has 0 radical (unpaired) electrons. The van der Waals surface area contributed by atoms with Gasteiger partial charge in [0, 0.05) is 11.8 Å². The molecule has 0 aromatic rings. The molecule has 2 aliphatic rings. The first-order chi connectivity index (χ1) is 9.77. The summed E-state index contributed by atoms with van der Waals surface area (Å²) in [5.74, 6) is 2.82. The van der Waals surface area contributed by atoms with Crippen LogP contribution in [-0.4, -0.2) is 5.78 Å². The summed E-state index contributed by atoms with van der Waals surface area (Å²) < 4.78 is 0. The van der Waals surface area contributed by atoms with Crippen LogP contribution in [0.2, 0.25) is 0 Å². The summed E-state index contributed by atoms with van der Waals surface area (Å²) in [7, 11) is 0. The van der Waals surface area contributed by atoms with Gasteiger partial charge in [0.15, 0.2) is 0 Å². The van der Waals surface area contributed by atoms with Gasteiger partial charge in [-0.05, 0) is 50.4 Å². The Morgan fingerprint density at radius 1 is 0.750 bits per heavy atom. The fourth-order valence-corrected chi connectivity index (χ4v) is 4.88. The van der Waals surface area contributed by atoms with Crippen molar-refractivity contribution in [3.63, 3.8) is 0 Å². The summed E-state index contributed by atoms with van der Waals surface area (Å²) in [6.07, 6.45) is 15.6. The summed E-state index contributed by atoms with van der Waals surface area (Å²) in [5.41, 5.74) is 0. The summed E-state index contributed by atoms with van der Waals surface area (Å²) in [6, 6.07) is 0. The molecule has 0 spiro atoms. The zero-order valence-electron chi connectivity index (χ0n) is 13.7. The van der Waals surface area contributed by atoms with E-state index in [9.17, 15) is 4.79 Å². The summed E-state index contributed by atoms with van der Waals surface area (Å²) in [5, 5.41) is 0. The fraction of sp³-hybridized carbons (Fsp3) is 0.947. The molecule has 0 bridgehead atoms. The molecule has 2 saturated carbocycles. The molecule has 1 heteroatoms. The minimum Gasteiger partial charge on any atom is -0.299 e. The van der Waals surface area contributed by atoms with Crippen LogP contribution >= 0.6 is 0 Å². The molecule has 0 amide bonds. The molecule has 2 rings (SSSR count). The van der Waals surface area contributed by atoms with Gasteiger partial charge in [-0.1, -0.05) is 52.4 Å². The van der Waals surface area contributed by atoms with E-state index < -0.39 is 0 Å². The van der Waals surface area contributed by atoms with Gasteiger partial charge >= 0.3 is 0 Å². The second kappa shape index (κ2) is 8.20. The zero-order valence-corrected chi connectivity index (χ0v) is 13.7. The van der Waals surface area contributed by atoms with E-state index in [2.05, 4.69) is 13.8 Å². The topological polar surface area (TPSA) is 17.1 Å². The monoisotopic (exact) mass is 278 g/mol. The molecular weight excluding hydrogens is 244 g/mol. The maximum atomic E-state index is 13.1. The van der Waals surface area contributed by atoms with Crippen LogP contribution < -0.4 is 0 Å². The Morgan fingerprint density at radius 2 is 1.10 bits per heavy atom. The summed E-state index contributed by atoms with van der Waals surface area (Å²) in [4.78, 5) is 13.1. The van der Waals surface area contributed by atoms with Crippen molar-refractivity contribution in [2.45, 2.75) is 90.9 Å². The van der Waals surface area contributed by atoms with Crippen molar-refractivity contribution in [1.82, 2.24) is 0 Å². The van der Waals surface area contributed by atoms with Gasteiger partial charge < -0.3 is 0 Å². The standard InChI is InChI=1S/C19H34O/c1-3-17(15-11-7-5-8-12-15)19(20)18(4-2)16-13-9-6-10-14-16/h15-18H,3-14H2,1-2H3. The van der Waals surface area contributed by atoms with Crippen molar-refractivity contribution in [1.29, 1.82) is 0 Å². The van der Waals surface area contributed by atoms with Gasteiger partial charge in [-0.3, -0.25) is 4.79 Å². The van der Waals surface area contributed by atoms with E-state index in [4.69, 9.17) is 0 Å². The Balaban J connectivity index is 2.00. The molecule has 0 aromatic heterocycles. The van der Waals surface area contributed by atoms with E-state index in [-0.39, 0.29) is 0 Å². The minimum atomic E-state index is 0.377. The third-order valence-corrected chi connectivity index (χ3v) is 6.05. The summed E-state index contributed by atoms with van der Waals surface area (Å²) >= 11 is 0. The van der Waals surface area contributed by atoms with E-state index in [1.807, 2.05) is 0 Å². The highest BCUT2D eigenvalue weighted by molar-refractivity contribution is 5.84. The highest BCUT2D eigenvalue weighted by Crippen LogP contribution is 2.38. The van der Waals surface area contributed by atoms with Crippen molar-refractivity contribution >= 4 is 5.78 Å². The Hall–Kier alpha value is -0.330. The Morgan fingerprint density at radius 3 is 1.40 bits per heavy atom. The molecule has 0 aliphatic heterocycles. The molecule has 0 N–H and O–H groups in total. The third kappa shape index (κ3) is 3.86. The van der Waals surface area contributed by atoms with E-state index in [0.717, 1.165) is 12.8 Å². The van der Waals surface area contributed by atoms with Crippen molar-refractivity contribution in [3.8, 4) is 0 Å². The quantitative estimate of drug-likeness (QED) is 0.603. The zero-order chi connectivity index (χ0) is 14.4. The predicted molar refractivity (Wildman–Crippen MR) is 85.7 cm³/mol. The third-order valence-electron chi connectivity index (χ3n) is 6.05. The van der Waals surface area contributed by atoms with Gasteiger partial charge in [0.1, 0.15) is 5.78 Å². The SMILES string of the molecule is CCC(C(=O)C(CC)C1CCCCC1)C1CCCCC1. The Kier molecular flexibility index (Phi) is 6.58. The first-order valence-corrected chi connectivity index (χ1v) is 9.31. The lowest BCUT2D eigenvalue weighted by molar-refractivity contribution is -0.131. The van der Waals surface area contributed by atoms with E-state index in [0.29, 0.717) is 29.5 Å². The van der Waals surface area contributed by atoms with Gasteiger partial charge in [0.05, 0.1) is 0 Å². The Bertz CT molecular complexity index is 256. The number of hydrogen-bond donors (Lipinski definition) is 0. The molecule has 0 saturated heterocycles. The van der Waals surface area contributed by atoms with Crippen LogP contribution in [0.3, 0.4) is 0 Å². The van der Waals surface area contributed by atoms with Crippen LogP contribution in [0.15, 0.2) is 0 Å². The lowest BCUT2D eigenvalue weighted by Gasteiger charge is -2.35. The number of carbonyl (C=O) groups is 1. The highest BCUT2D eigenvalue weighted by atomic mass is 16.1. The molecule has 0 aromatic carbocycles. The molecule has 116 valence electrons. The number of rotatable bonds is 6. The van der Waals surface area contributed by atoms with Gasteiger partial charge in [0.25, 0.3) is 0 Å². The molecule has 2 aliphatic carbocycles. The average Bonchev–Trinajstić information content (AvgIpc) is 2.51. The van der Waals surface area contributed by atoms with E-state index in [1.165, 1.54) is 64.2 Å². The van der Waals surface area contributed by atoms with Crippen LogP contribution in [-0.2, 0) is 4.79 Å². The second-order valence-electron chi connectivity index (χ2n) is 7.23. The van der Waals surface area contributed by atoms with E-state index in [1.54, 1.807) is 0 Å². The van der Waals surface area contributed by atoms with Crippen molar-refractivity contribution in [2.75, 3.05) is 0 Å². The molecule has 1 nitrogen and oxygen atoms in total. The maximum Gasteiger partial charge on any atom is 0.139 e. The van der Waals surface area contributed by atoms with Crippen molar-refractivity contribution in [3.05, 3.63) is 0 Å². The van der Waals surface area contributed by atoms with Gasteiger partial charge in [-0.2, -0.15) is 0 Å². The largest absolute Gasteiger partial charge is 0.299 e. The number of ketones is 1. The highest BCUT2D eigenvalue weighted by Gasteiger charge is 2.35. The van der Waals surface area contributed by atoms with Crippen LogP contribution in [0.5, 0.6) is 0 Å². The second-order valence-corrected chi connectivity index (χ2v) is 7.23. The van der Waals surface area contributed by atoms with Crippen LogP contribution in [0.1, 0.15) is 90.9 Å². The molecule has 2 fully saturated rings. The first-order valence-electron chi connectivity index (χ1n) is 9.31. The fourth-order valence-electron chi connectivity index (χ4n) is 4.88. The number of hydrogen-bond acceptors (Lipinski definition) is 1. The summed E-state index contributed by atoms with van der Waals surface area (Å²) in [6.45, 7) is 4.48.